The van der Waals surface area contributed by atoms with Crippen molar-refractivity contribution in [1.29, 1.82) is 5.26 Å². The smallest absolute Gasteiger partial charge is 0.108 e. The Morgan fingerprint density at radius 1 is 1.67 bits per heavy atom. The van der Waals surface area contributed by atoms with Gasteiger partial charge in [0.2, 0.25) is 0 Å². The lowest BCUT2D eigenvalue weighted by molar-refractivity contribution is 0.654. The van der Waals surface area contributed by atoms with Crippen molar-refractivity contribution in [2.75, 3.05) is 0 Å². The monoisotopic (exact) mass is 163 g/mol. The molecular formula is C9H13N3. The van der Waals surface area contributed by atoms with Crippen LogP contribution in [-0.2, 0) is 13.0 Å². The summed E-state index contributed by atoms with van der Waals surface area (Å²) in [5, 5.41) is 8.44. The molecular weight excluding hydrogens is 150 g/mol. The van der Waals surface area contributed by atoms with Gasteiger partial charge in [0.05, 0.1) is 12.5 Å². The average Bonchev–Trinajstić information content (AvgIpc) is 2.43. The van der Waals surface area contributed by atoms with Crippen LogP contribution in [0.4, 0.5) is 0 Å². The molecule has 0 aliphatic rings. The van der Waals surface area contributed by atoms with Gasteiger partial charge in [-0.05, 0) is 6.92 Å². The number of hydrogen-bond acceptors (Lipinski definition) is 2. The minimum Gasteiger partial charge on any atom is -0.331 e. The zero-order valence-electron chi connectivity index (χ0n) is 7.54. The highest BCUT2D eigenvalue weighted by Gasteiger charge is 2.03. The minimum absolute atomic E-state index is 0.560. The molecule has 0 spiro atoms. The summed E-state index contributed by atoms with van der Waals surface area (Å²) >= 11 is 0. The molecule has 0 N–H and O–H groups in total. The Morgan fingerprint density at radius 2 is 2.42 bits per heavy atom. The van der Waals surface area contributed by atoms with Crippen LogP contribution in [0.1, 0.15) is 24.9 Å². The van der Waals surface area contributed by atoms with Crippen molar-refractivity contribution < 1.29 is 0 Å². The summed E-state index contributed by atoms with van der Waals surface area (Å²) in [5.41, 5.74) is 1.14. The van der Waals surface area contributed by atoms with Crippen LogP contribution in [0.2, 0.25) is 0 Å². The van der Waals surface area contributed by atoms with Crippen LogP contribution >= 0.6 is 0 Å². The lowest BCUT2D eigenvalue weighted by atomic mass is 10.4. The van der Waals surface area contributed by atoms with Crippen molar-refractivity contribution in [1.82, 2.24) is 9.55 Å². The number of nitrogens with zero attached hydrogens (tertiary/aromatic N) is 3. The Kier molecular flexibility index (Phi) is 2.87. The molecule has 0 aromatic carbocycles. The van der Waals surface area contributed by atoms with Gasteiger partial charge >= 0.3 is 0 Å². The Balaban J connectivity index is 2.81. The second-order valence-electron chi connectivity index (χ2n) is 2.73. The predicted octanol–water partition coefficient (Wildman–Crippen LogP) is 1.67. The van der Waals surface area contributed by atoms with E-state index in [2.05, 4.69) is 22.5 Å². The molecule has 0 saturated carbocycles. The van der Waals surface area contributed by atoms with E-state index < -0.39 is 0 Å². The molecule has 0 aliphatic heterocycles. The summed E-state index contributed by atoms with van der Waals surface area (Å²) in [7, 11) is 0. The summed E-state index contributed by atoms with van der Waals surface area (Å²) in [4.78, 5) is 4.24. The second kappa shape index (κ2) is 3.91. The van der Waals surface area contributed by atoms with E-state index in [0.29, 0.717) is 6.42 Å². The van der Waals surface area contributed by atoms with Crippen LogP contribution in [-0.4, -0.2) is 9.55 Å². The van der Waals surface area contributed by atoms with Crippen LogP contribution in [0.15, 0.2) is 6.20 Å². The summed E-state index contributed by atoms with van der Waals surface area (Å²) in [5.74, 6) is 1.07. The van der Waals surface area contributed by atoms with Gasteiger partial charge in [0.15, 0.2) is 0 Å². The van der Waals surface area contributed by atoms with E-state index in [-0.39, 0.29) is 0 Å². The molecule has 0 saturated heterocycles. The Labute approximate surface area is 72.7 Å². The van der Waals surface area contributed by atoms with Gasteiger partial charge in [-0.1, -0.05) is 6.92 Å². The topological polar surface area (TPSA) is 41.6 Å². The molecule has 3 nitrogen and oxygen atoms in total. The van der Waals surface area contributed by atoms with E-state index in [9.17, 15) is 0 Å². The van der Waals surface area contributed by atoms with Crippen LogP contribution in [0.25, 0.3) is 0 Å². The standard InChI is InChI=1S/C9H13N3/c1-3-9-11-7-8(2)12(9)6-4-5-10/h7H,3-4,6H2,1-2H3. The first-order valence-electron chi connectivity index (χ1n) is 4.17. The fourth-order valence-corrected chi connectivity index (χ4v) is 1.26. The van der Waals surface area contributed by atoms with Crippen molar-refractivity contribution in [3.63, 3.8) is 0 Å². The molecule has 1 rings (SSSR count). The van der Waals surface area contributed by atoms with Crippen LogP contribution < -0.4 is 0 Å². The van der Waals surface area contributed by atoms with Gasteiger partial charge < -0.3 is 4.57 Å². The third kappa shape index (κ3) is 1.65. The quantitative estimate of drug-likeness (QED) is 0.680. The molecule has 0 amide bonds. The fraction of sp³-hybridized carbons (Fsp3) is 0.556. The normalized spacial score (nSPS) is 9.75. The number of imidazole rings is 1. The number of hydrogen-bond donors (Lipinski definition) is 0. The van der Waals surface area contributed by atoms with Crippen molar-refractivity contribution in [2.24, 2.45) is 0 Å². The van der Waals surface area contributed by atoms with E-state index in [4.69, 9.17) is 5.26 Å². The number of aryl methyl sites for hydroxylation is 2. The molecule has 1 heterocycles. The van der Waals surface area contributed by atoms with E-state index >= 15 is 0 Å². The molecule has 12 heavy (non-hydrogen) atoms. The Bertz CT molecular complexity index is 293. The second-order valence-corrected chi connectivity index (χ2v) is 2.73. The first kappa shape index (κ1) is 8.79. The van der Waals surface area contributed by atoms with Gasteiger partial charge in [0.25, 0.3) is 0 Å². The number of rotatable bonds is 3. The van der Waals surface area contributed by atoms with Crippen molar-refractivity contribution >= 4 is 0 Å². The Morgan fingerprint density at radius 3 is 3.00 bits per heavy atom. The lowest BCUT2D eigenvalue weighted by Crippen LogP contribution is -2.04. The number of nitriles is 1. The summed E-state index contributed by atoms with van der Waals surface area (Å²) in [6.07, 6.45) is 3.35. The first-order chi connectivity index (χ1) is 5.79. The first-order valence-corrected chi connectivity index (χ1v) is 4.17. The van der Waals surface area contributed by atoms with Gasteiger partial charge in [-0.15, -0.1) is 0 Å². The summed E-state index contributed by atoms with van der Waals surface area (Å²) in [6, 6.07) is 2.14. The highest BCUT2D eigenvalue weighted by atomic mass is 15.1. The van der Waals surface area contributed by atoms with Crippen molar-refractivity contribution in [2.45, 2.75) is 33.2 Å². The highest BCUT2D eigenvalue weighted by Crippen LogP contribution is 2.05. The lowest BCUT2D eigenvalue weighted by Gasteiger charge is -2.05. The van der Waals surface area contributed by atoms with Crippen molar-refractivity contribution in [3.8, 4) is 6.07 Å². The predicted molar refractivity (Wildman–Crippen MR) is 46.6 cm³/mol. The van der Waals surface area contributed by atoms with Gasteiger partial charge in [-0.2, -0.15) is 5.26 Å². The summed E-state index contributed by atoms with van der Waals surface area (Å²) < 4.78 is 2.10. The van der Waals surface area contributed by atoms with E-state index in [0.717, 1.165) is 24.5 Å². The maximum absolute atomic E-state index is 8.44. The Hall–Kier alpha value is -1.30. The molecule has 64 valence electrons. The maximum Gasteiger partial charge on any atom is 0.108 e. The van der Waals surface area contributed by atoms with Crippen molar-refractivity contribution in [3.05, 3.63) is 17.7 Å². The molecule has 0 atom stereocenters. The molecule has 1 aromatic heterocycles. The SMILES string of the molecule is CCc1ncc(C)n1CCC#N. The molecule has 0 aliphatic carbocycles. The molecule has 0 fully saturated rings. The van der Waals surface area contributed by atoms with Gasteiger partial charge in [-0.25, -0.2) is 4.98 Å². The third-order valence-electron chi connectivity index (χ3n) is 1.90. The van der Waals surface area contributed by atoms with E-state index in [1.807, 2.05) is 13.1 Å². The van der Waals surface area contributed by atoms with E-state index in [1.54, 1.807) is 0 Å². The minimum atomic E-state index is 0.560. The molecule has 0 unspecified atom stereocenters. The summed E-state index contributed by atoms with van der Waals surface area (Å²) in [6.45, 7) is 4.86. The molecule has 0 radical (unpaired) electrons. The van der Waals surface area contributed by atoms with Crippen LogP contribution in [0, 0.1) is 18.3 Å². The average molecular weight is 163 g/mol. The number of aromatic nitrogens is 2. The fourth-order valence-electron chi connectivity index (χ4n) is 1.26. The molecule has 0 bridgehead atoms. The van der Waals surface area contributed by atoms with Gasteiger partial charge in [-0.3, -0.25) is 0 Å². The molecule has 3 heteroatoms. The largest absolute Gasteiger partial charge is 0.331 e. The van der Waals surface area contributed by atoms with Gasteiger partial charge in [0.1, 0.15) is 5.82 Å². The zero-order chi connectivity index (χ0) is 8.97. The van der Waals surface area contributed by atoms with Crippen LogP contribution in [0.5, 0.6) is 0 Å². The van der Waals surface area contributed by atoms with Gasteiger partial charge in [0, 0.05) is 24.9 Å². The maximum atomic E-state index is 8.44. The molecule has 1 aromatic rings. The highest BCUT2D eigenvalue weighted by molar-refractivity contribution is 5.03. The third-order valence-corrected chi connectivity index (χ3v) is 1.90. The van der Waals surface area contributed by atoms with Crippen LogP contribution in [0.3, 0.4) is 0 Å². The zero-order valence-corrected chi connectivity index (χ0v) is 7.54. The van der Waals surface area contributed by atoms with E-state index in [1.165, 1.54) is 0 Å².